The highest BCUT2D eigenvalue weighted by Crippen LogP contribution is 2.10. The number of hydrogen-bond acceptors (Lipinski definition) is 6. The Morgan fingerprint density at radius 1 is 1.53 bits per heavy atom. The van der Waals surface area contributed by atoms with Crippen LogP contribution in [0.2, 0.25) is 0 Å². The first kappa shape index (κ1) is 17.4. The normalized spacial score (nSPS) is 15.9. The molecule has 0 heterocycles. The van der Waals surface area contributed by atoms with Gasteiger partial charge in [-0.3, -0.25) is 0 Å². The SMILES string of the molecule is CCC(C)(NS(=O)(=O)NC(=O)OC(C)C)C(N)=NO. The molecule has 19 heavy (non-hydrogen) atoms. The van der Waals surface area contributed by atoms with Crippen LogP contribution in [0.3, 0.4) is 0 Å². The van der Waals surface area contributed by atoms with Crippen molar-refractivity contribution in [2.24, 2.45) is 10.9 Å². The van der Waals surface area contributed by atoms with E-state index >= 15 is 0 Å². The Morgan fingerprint density at radius 3 is 2.42 bits per heavy atom. The van der Waals surface area contributed by atoms with Crippen LogP contribution in [0.5, 0.6) is 0 Å². The minimum absolute atomic E-state index is 0.211. The maximum Gasteiger partial charge on any atom is 0.422 e. The summed E-state index contributed by atoms with van der Waals surface area (Å²) in [7, 11) is -4.20. The van der Waals surface area contributed by atoms with Crippen molar-refractivity contribution in [3.8, 4) is 0 Å². The van der Waals surface area contributed by atoms with Gasteiger partial charge in [0.2, 0.25) is 0 Å². The summed E-state index contributed by atoms with van der Waals surface area (Å²) in [6, 6.07) is 0. The molecule has 0 aromatic heterocycles. The number of hydrogen-bond donors (Lipinski definition) is 4. The molecule has 1 atom stereocenters. The van der Waals surface area contributed by atoms with Gasteiger partial charge in [-0.15, -0.1) is 0 Å². The lowest BCUT2D eigenvalue weighted by atomic mass is 10.00. The fourth-order valence-corrected chi connectivity index (χ4v) is 2.25. The van der Waals surface area contributed by atoms with E-state index in [1.54, 1.807) is 25.5 Å². The van der Waals surface area contributed by atoms with Crippen molar-refractivity contribution in [3.05, 3.63) is 0 Å². The van der Waals surface area contributed by atoms with E-state index in [0.29, 0.717) is 0 Å². The summed E-state index contributed by atoms with van der Waals surface area (Å²) >= 11 is 0. The number of amides is 1. The minimum Gasteiger partial charge on any atom is -0.446 e. The van der Waals surface area contributed by atoms with E-state index in [0.717, 1.165) is 0 Å². The van der Waals surface area contributed by atoms with Crippen molar-refractivity contribution >= 4 is 22.1 Å². The van der Waals surface area contributed by atoms with Crippen molar-refractivity contribution < 1.29 is 23.2 Å². The molecule has 0 aromatic carbocycles. The van der Waals surface area contributed by atoms with Crippen LogP contribution >= 0.6 is 0 Å². The second kappa shape index (κ2) is 6.57. The molecule has 112 valence electrons. The van der Waals surface area contributed by atoms with Crippen LogP contribution in [0.1, 0.15) is 34.1 Å². The summed E-state index contributed by atoms with van der Waals surface area (Å²) in [6.07, 6.45) is -1.36. The molecule has 5 N–H and O–H groups in total. The van der Waals surface area contributed by atoms with Crippen molar-refractivity contribution in [3.63, 3.8) is 0 Å². The maximum absolute atomic E-state index is 11.7. The lowest BCUT2D eigenvalue weighted by Gasteiger charge is -2.27. The molecular formula is C9H20N4O5S. The van der Waals surface area contributed by atoms with Crippen molar-refractivity contribution in [2.75, 3.05) is 0 Å². The van der Waals surface area contributed by atoms with Gasteiger partial charge < -0.3 is 15.7 Å². The zero-order valence-electron chi connectivity index (χ0n) is 11.3. The highest BCUT2D eigenvalue weighted by atomic mass is 32.2. The van der Waals surface area contributed by atoms with Gasteiger partial charge in [0.05, 0.1) is 11.6 Å². The third-order valence-electron chi connectivity index (χ3n) is 2.30. The van der Waals surface area contributed by atoms with Gasteiger partial charge in [-0.2, -0.15) is 13.1 Å². The van der Waals surface area contributed by atoms with Gasteiger partial charge in [-0.25, -0.2) is 9.52 Å². The molecule has 0 saturated carbocycles. The van der Waals surface area contributed by atoms with Gasteiger partial charge in [0, 0.05) is 0 Å². The van der Waals surface area contributed by atoms with Crippen LogP contribution in [0.15, 0.2) is 5.16 Å². The fourth-order valence-electron chi connectivity index (χ4n) is 1.09. The molecule has 0 saturated heterocycles. The fraction of sp³-hybridized carbons (Fsp3) is 0.778. The van der Waals surface area contributed by atoms with Gasteiger partial charge in [0.25, 0.3) is 0 Å². The first-order valence-electron chi connectivity index (χ1n) is 5.56. The molecule has 9 nitrogen and oxygen atoms in total. The lowest BCUT2D eigenvalue weighted by Crippen LogP contribution is -2.58. The molecule has 10 heteroatoms. The Bertz CT molecular complexity index is 448. The maximum atomic E-state index is 11.7. The number of nitrogens with zero attached hydrogens (tertiary/aromatic N) is 1. The zero-order valence-corrected chi connectivity index (χ0v) is 12.1. The molecule has 0 rings (SSSR count). The average molecular weight is 296 g/mol. The van der Waals surface area contributed by atoms with Crippen LogP contribution in [0, 0.1) is 0 Å². The van der Waals surface area contributed by atoms with Gasteiger partial charge in [0.15, 0.2) is 5.84 Å². The topological polar surface area (TPSA) is 143 Å². The van der Waals surface area contributed by atoms with Crippen LogP contribution in [0.4, 0.5) is 4.79 Å². The molecule has 0 aliphatic carbocycles. The number of carbonyl (C=O) groups excluding carboxylic acids is 1. The van der Waals surface area contributed by atoms with Crippen molar-refractivity contribution in [1.82, 2.24) is 9.44 Å². The Hall–Kier alpha value is -1.55. The largest absolute Gasteiger partial charge is 0.446 e. The molecule has 0 aromatic rings. The molecule has 0 spiro atoms. The Balaban J connectivity index is 4.90. The summed E-state index contributed by atoms with van der Waals surface area (Å²) in [5, 5.41) is 11.4. The smallest absolute Gasteiger partial charge is 0.422 e. The van der Waals surface area contributed by atoms with Gasteiger partial charge in [-0.1, -0.05) is 12.1 Å². The van der Waals surface area contributed by atoms with Gasteiger partial charge >= 0.3 is 16.3 Å². The summed E-state index contributed by atoms with van der Waals surface area (Å²) in [5.74, 6) is -0.322. The van der Waals surface area contributed by atoms with E-state index in [1.807, 2.05) is 0 Å². The molecule has 0 radical (unpaired) electrons. The first-order chi connectivity index (χ1) is 8.56. The molecule has 1 unspecified atom stereocenters. The van der Waals surface area contributed by atoms with Gasteiger partial charge in [-0.05, 0) is 27.2 Å². The van der Waals surface area contributed by atoms with Crippen LogP contribution in [0.25, 0.3) is 0 Å². The van der Waals surface area contributed by atoms with Crippen LogP contribution in [-0.2, 0) is 14.9 Å². The van der Waals surface area contributed by atoms with E-state index in [4.69, 9.17) is 10.9 Å². The van der Waals surface area contributed by atoms with Crippen LogP contribution < -0.4 is 15.2 Å². The molecule has 0 bridgehead atoms. The second-order valence-electron chi connectivity index (χ2n) is 4.33. The standard InChI is InChI=1S/C9H20N4O5S/c1-5-9(4,7(10)11-15)13-19(16,17)12-8(14)18-6(2)3/h6,13,15H,5H2,1-4H3,(H2,10,11)(H,12,14). The quantitative estimate of drug-likeness (QED) is 0.233. The number of ether oxygens (including phenoxy) is 1. The van der Waals surface area contributed by atoms with E-state index in [2.05, 4.69) is 14.6 Å². The summed E-state index contributed by atoms with van der Waals surface area (Å²) in [6.45, 7) is 6.19. The van der Waals surface area contributed by atoms with Crippen molar-refractivity contribution in [2.45, 2.75) is 45.8 Å². The lowest BCUT2D eigenvalue weighted by molar-refractivity contribution is 0.121. The van der Waals surface area contributed by atoms with E-state index in [-0.39, 0.29) is 12.3 Å². The molecule has 0 aliphatic heterocycles. The zero-order chi connectivity index (χ0) is 15.3. The van der Waals surface area contributed by atoms with E-state index in [9.17, 15) is 13.2 Å². The number of nitrogens with one attached hydrogen (secondary N) is 2. The number of amidine groups is 1. The summed E-state index contributed by atoms with van der Waals surface area (Å²) < 4.78 is 31.8. The van der Waals surface area contributed by atoms with E-state index < -0.39 is 27.9 Å². The average Bonchev–Trinajstić information content (AvgIpc) is 2.24. The highest BCUT2D eigenvalue weighted by Gasteiger charge is 2.33. The molecule has 1 amide bonds. The predicted octanol–water partition coefficient (Wildman–Crippen LogP) is -0.129. The molecule has 0 aliphatic rings. The Labute approximate surface area is 112 Å². The predicted molar refractivity (Wildman–Crippen MR) is 68.9 cm³/mol. The molecular weight excluding hydrogens is 276 g/mol. The number of rotatable bonds is 6. The highest BCUT2D eigenvalue weighted by molar-refractivity contribution is 7.88. The summed E-state index contributed by atoms with van der Waals surface area (Å²) in [4.78, 5) is 11.2. The number of nitrogens with two attached hydrogens (primary N) is 1. The third-order valence-corrected chi connectivity index (χ3v) is 3.45. The second-order valence-corrected chi connectivity index (χ2v) is 5.75. The number of carbonyl (C=O) groups is 1. The first-order valence-corrected chi connectivity index (χ1v) is 7.05. The molecule has 0 fully saturated rings. The Kier molecular flexibility index (Phi) is 6.03. The number of oxime groups is 1. The Morgan fingerprint density at radius 2 is 2.05 bits per heavy atom. The van der Waals surface area contributed by atoms with E-state index in [1.165, 1.54) is 6.92 Å². The monoisotopic (exact) mass is 296 g/mol. The van der Waals surface area contributed by atoms with Crippen LogP contribution in [-0.4, -0.2) is 37.2 Å². The van der Waals surface area contributed by atoms with Gasteiger partial charge in [0.1, 0.15) is 0 Å². The van der Waals surface area contributed by atoms with Crippen molar-refractivity contribution in [1.29, 1.82) is 0 Å². The minimum atomic E-state index is -4.20. The summed E-state index contributed by atoms with van der Waals surface area (Å²) in [5.41, 5.74) is 4.09. The third kappa shape index (κ3) is 5.75.